The van der Waals surface area contributed by atoms with Crippen LogP contribution in [0.5, 0.6) is 11.5 Å². The molecular weight excluding hydrogens is 352 g/mol. The Kier molecular flexibility index (Phi) is 3.97. The average Bonchev–Trinajstić information content (AvgIpc) is 3.30. The third-order valence-electron chi connectivity index (χ3n) is 3.91. The van der Waals surface area contributed by atoms with Gasteiger partial charge < -0.3 is 13.9 Å². The third-order valence-corrected chi connectivity index (χ3v) is 4.76. The summed E-state index contributed by atoms with van der Waals surface area (Å²) in [6.45, 7) is 3.61. The van der Waals surface area contributed by atoms with Crippen LogP contribution in [0.1, 0.15) is 37.1 Å². The molecule has 0 amide bonds. The zero-order valence-corrected chi connectivity index (χ0v) is 14.9. The van der Waals surface area contributed by atoms with E-state index in [-0.39, 0.29) is 11.5 Å². The highest BCUT2D eigenvalue weighted by Gasteiger charge is 2.30. The smallest absolute Gasteiger partial charge is 0.353 e. The van der Waals surface area contributed by atoms with Gasteiger partial charge in [-0.15, -0.1) is 11.3 Å². The highest BCUT2D eigenvalue weighted by atomic mass is 32.1. The van der Waals surface area contributed by atoms with Crippen molar-refractivity contribution >= 4 is 29.2 Å². The van der Waals surface area contributed by atoms with Gasteiger partial charge >= 0.3 is 5.97 Å². The molecule has 0 radical (unpaired) electrons. The molecule has 0 spiro atoms. The third kappa shape index (κ3) is 2.95. The van der Waals surface area contributed by atoms with E-state index in [2.05, 4.69) is 0 Å². The van der Waals surface area contributed by atoms with Gasteiger partial charge in [0.2, 0.25) is 5.78 Å². The summed E-state index contributed by atoms with van der Waals surface area (Å²) in [5.74, 6) is 1.52. The molecular formula is C20H14O5S. The molecule has 26 heavy (non-hydrogen) atoms. The number of ether oxygens (including phenoxy) is 2. The van der Waals surface area contributed by atoms with E-state index in [9.17, 15) is 9.59 Å². The molecule has 1 aromatic carbocycles. The van der Waals surface area contributed by atoms with Crippen molar-refractivity contribution in [2.75, 3.05) is 0 Å². The van der Waals surface area contributed by atoms with E-state index in [4.69, 9.17) is 13.9 Å². The summed E-state index contributed by atoms with van der Waals surface area (Å²) < 4.78 is 16.6. The van der Waals surface area contributed by atoms with Crippen molar-refractivity contribution in [1.82, 2.24) is 0 Å². The maximum Gasteiger partial charge on any atom is 0.353 e. The lowest BCUT2D eigenvalue weighted by Crippen LogP contribution is -2.06. The molecule has 0 fully saturated rings. The van der Waals surface area contributed by atoms with Crippen LogP contribution < -0.4 is 9.47 Å². The second-order valence-corrected chi connectivity index (χ2v) is 6.82. The van der Waals surface area contributed by atoms with Gasteiger partial charge in [-0.05, 0) is 49.1 Å². The number of carbonyl (C=O) groups excluding carboxylic acids is 2. The monoisotopic (exact) mass is 366 g/mol. The van der Waals surface area contributed by atoms with Crippen molar-refractivity contribution in [3.8, 4) is 11.5 Å². The van der Waals surface area contributed by atoms with Gasteiger partial charge in [-0.1, -0.05) is 6.07 Å². The molecule has 1 aliphatic heterocycles. The van der Waals surface area contributed by atoms with Crippen LogP contribution in [-0.2, 0) is 0 Å². The number of thiophene rings is 1. The molecule has 0 atom stereocenters. The Morgan fingerprint density at radius 1 is 1.19 bits per heavy atom. The maximum atomic E-state index is 12.6. The molecule has 6 heteroatoms. The SMILES string of the molecule is Cc1ccc(/C=C2\Oc3cc(OC(=O)c4cccs4)cc(C)c3C2=O)o1. The fourth-order valence-corrected chi connectivity index (χ4v) is 3.35. The summed E-state index contributed by atoms with van der Waals surface area (Å²) in [6, 6.07) is 10.3. The lowest BCUT2D eigenvalue weighted by atomic mass is 10.0. The van der Waals surface area contributed by atoms with Crippen LogP contribution in [0.2, 0.25) is 0 Å². The van der Waals surface area contributed by atoms with Gasteiger partial charge in [-0.2, -0.15) is 0 Å². The van der Waals surface area contributed by atoms with Gasteiger partial charge in [-0.3, -0.25) is 4.79 Å². The number of Topliss-reactive ketones (excluding diaryl/α,β-unsaturated/α-hetero) is 1. The zero-order valence-electron chi connectivity index (χ0n) is 14.1. The number of aryl methyl sites for hydroxylation is 2. The molecule has 1 aliphatic rings. The molecule has 3 aromatic rings. The van der Waals surface area contributed by atoms with E-state index < -0.39 is 5.97 Å². The van der Waals surface area contributed by atoms with Crippen LogP contribution in [0, 0.1) is 13.8 Å². The maximum absolute atomic E-state index is 12.6. The van der Waals surface area contributed by atoms with Gasteiger partial charge in [-0.25, -0.2) is 4.79 Å². The number of allylic oxidation sites excluding steroid dienone is 1. The molecule has 2 aromatic heterocycles. The normalized spacial score (nSPS) is 14.4. The van der Waals surface area contributed by atoms with Crippen LogP contribution in [0.25, 0.3) is 6.08 Å². The Morgan fingerprint density at radius 2 is 2.04 bits per heavy atom. The predicted molar refractivity (Wildman–Crippen MR) is 96.8 cm³/mol. The summed E-state index contributed by atoms with van der Waals surface area (Å²) in [5, 5.41) is 1.81. The number of hydrogen-bond donors (Lipinski definition) is 0. The molecule has 0 saturated heterocycles. The molecule has 0 N–H and O–H groups in total. The fraction of sp³-hybridized carbons (Fsp3) is 0.100. The molecule has 130 valence electrons. The average molecular weight is 366 g/mol. The van der Waals surface area contributed by atoms with E-state index in [1.807, 2.05) is 13.0 Å². The van der Waals surface area contributed by atoms with E-state index in [1.165, 1.54) is 11.3 Å². The minimum absolute atomic E-state index is 0.180. The second kappa shape index (κ2) is 6.31. The molecule has 5 nitrogen and oxygen atoms in total. The molecule has 0 bridgehead atoms. The van der Waals surface area contributed by atoms with Crippen LogP contribution in [0.15, 0.2) is 52.0 Å². The first kappa shape index (κ1) is 16.4. The summed E-state index contributed by atoms with van der Waals surface area (Å²) >= 11 is 1.30. The largest absolute Gasteiger partial charge is 0.462 e. The van der Waals surface area contributed by atoms with Crippen molar-refractivity contribution in [3.63, 3.8) is 0 Å². The van der Waals surface area contributed by atoms with Crippen LogP contribution >= 0.6 is 11.3 Å². The lowest BCUT2D eigenvalue weighted by Gasteiger charge is -2.06. The Morgan fingerprint density at radius 3 is 2.73 bits per heavy atom. The first-order valence-electron chi connectivity index (χ1n) is 7.92. The van der Waals surface area contributed by atoms with Crippen molar-refractivity contribution in [2.45, 2.75) is 13.8 Å². The van der Waals surface area contributed by atoms with Crippen molar-refractivity contribution < 1.29 is 23.5 Å². The van der Waals surface area contributed by atoms with Crippen LogP contribution in [0.3, 0.4) is 0 Å². The van der Waals surface area contributed by atoms with E-state index in [1.54, 1.807) is 48.7 Å². The minimum Gasteiger partial charge on any atom is -0.462 e. The zero-order chi connectivity index (χ0) is 18.3. The van der Waals surface area contributed by atoms with E-state index in [0.717, 1.165) is 5.76 Å². The molecule has 0 aliphatic carbocycles. The van der Waals surface area contributed by atoms with Crippen LogP contribution in [0.4, 0.5) is 0 Å². The van der Waals surface area contributed by atoms with E-state index in [0.29, 0.717) is 33.3 Å². The quantitative estimate of drug-likeness (QED) is 0.379. The minimum atomic E-state index is -0.439. The molecule has 0 saturated carbocycles. The van der Waals surface area contributed by atoms with Crippen molar-refractivity contribution in [1.29, 1.82) is 0 Å². The van der Waals surface area contributed by atoms with Gasteiger partial charge in [0.05, 0.1) is 5.56 Å². The Balaban J connectivity index is 1.63. The Hall–Kier alpha value is -3.12. The second-order valence-electron chi connectivity index (χ2n) is 5.87. The van der Waals surface area contributed by atoms with Crippen molar-refractivity contribution in [3.05, 3.63) is 75.1 Å². The lowest BCUT2D eigenvalue weighted by molar-refractivity contribution is 0.0739. The summed E-state index contributed by atoms with van der Waals surface area (Å²) in [6.07, 6.45) is 1.56. The number of ketones is 1. The Labute approximate surface area is 153 Å². The number of benzene rings is 1. The number of carbonyl (C=O) groups is 2. The van der Waals surface area contributed by atoms with Gasteiger partial charge in [0.1, 0.15) is 27.9 Å². The first-order chi connectivity index (χ1) is 12.5. The number of fused-ring (bicyclic) bond motifs is 1. The van der Waals surface area contributed by atoms with Crippen molar-refractivity contribution in [2.24, 2.45) is 0 Å². The summed E-state index contributed by atoms with van der Waals surface area (Å²) in [5.41, 5.74) is 1.15. The van der Waals surface area contributed by atoms with Gasteiger partial charge in [0.25, 0.3) is 0 Å². The molecule has 4 rings (SSSR count). The molecule has 3 heterocycles. The fourth-order valence-electron chi connectivity index (χ4n) is 2.75. The number of hydrogen-bond acceptors (Lipinski definition) is 6. The predicted octanol–water partition coefficient (Wildman–Crippen LogP) is 4.79. The summed E-state index contributed by atoms with van der Waals surface area (Å²) in [7, 11) is 0. The standard InChI is InChI=1S/C20H14O5S/c1-11-8-14(24-20(22)17-4-3-7-26-17)10-15-18(11)19(21)16(25-15)9-13-6-5-12(2)23-13/h3-10H,1-2H3/b16-9-. The van der Waals surface area contributed by atoms with Crippen LogP contribution in [-0.4, -0.2) is 11.8 Å². The number of furan rings is 1. The molecule has 0 unspecified atom stereocenters. The summed E-state index contributed by atoms with van der Waals surface area (Å²) in [4.78, 5) is 25.2. The highest BCUT2D eigenvalue weighted by molar-refractivity contribution is 7.12. The highest BCUT2D eigenvalue weighted by Crippen LogP contribution is 2.37. The Bertz CT molecular complexity index is 1040. The number of rotatable bonds is 3. The number of esters is 1. The van der Waals surface area contributed by atoms with Gasteiger partial charge in [0.15, 0.2) is 5.76 Å². The topological polar surface area (TPSA) is 65.7 Å². The van der Waals surface area contributed by atoms with E-state index >= 15 is 0 Å². The first-order valence-corrected chi connectivity index (χ1v) is 8.80. The van der Waals surface area contributed by atoms with Gasteiger partial charge in [0, 0.05) is 12.1 Å².